The molecule has 1 N–H and O–H groups in total. The Balaban J connectivity index is 1.71. The number of benzene rings is 2. The fourth-order valence-corrected chi connectivity index (χ4v) is 5.03. The van der Waals surface area contributed by atoms with Crippen molar-refractivity contribution in [1.82, 2.24) is 4.90 Å². The van der Waals surface area contributed by atoms with Gasteiger partial charge in [0.2, 0.25) is 0 Å². The van der Waals surface area contributed by atoms with Gasteiger partial charge in [0.25, 0.3) is 0 Å². The quantitative estimate of drug-likeness (QED) is 0.873. The fourth-order valence-electron chi connectivity index (χ4n) is 5.03. The molecular weight excluding hydrogens is 332 g/mol. The monoisotopic (exact) mass is 357 g/mol. The van der Waals surface area contributed by atoms with Crippen LogP contribution in [0.4, 0.5) is 8.78 Å². The largest absolute Gasteiger partial charge is 0.380 e. The molecule has 0 spiro atoms. The van der Waals surface area contributed by atoms with Crippen molar-refractivity contribution in [3.8, 4) is 0 Å². The molecular formula is C22H25F2NO. The van der Waals surface area contributed by atoms with Crippen LogP contribution >= 0.6 is 0 Å². The lowest BCUT2D eigenvalue weighted by atomic mass is 9.75. The number of fused-ring (bicyclic) bond motifs is 2. The number of halogens is 2. The van der Waals surface area contributed by atoms with Gasteiger partial charge in [-0.15, -0.1) is 0 Å². The van der Waals surface area contributed by atoms with Crippen molar-refractivity contribution in [2.45, 2.75) is 49.8 Å². The third kappa shape index (κ3) is 2.95. The summed E-state index contributed by atoms with van der Waals surface area (Å²) in [6.07, 6.45) is 4.79. The van der Waals surface area contributed by atoms with E-state index in [9.17, 15) is 13.9 Å². The zero-order chi connectivity index (χ0) is 18.3. The number of hydrogen-bond donors (Lipinski definition) is 1. The first kappa shape index (κ1) is 17.6. The molecule has 2 bridgehead atoms. The van der Waals surface area contributed by atoms with Crippen LogP contribution in [0.25, 0.3) is 0 Å². The Labute approximate surface area is 153 Å². The summed E-state index contributed by atoms with van der Waals surface area (Å²) in [6.45, 7) is 0. The van der Waals surface area contributed by atoms with E-state index in [1.165, 1.54) is 25.0 Å². The molecule has 4 rings (SSSR count). The first-order chi connectivity index (χ1) is 12.5. The van der Waals surface area contributed by atoms with E-state index in [0.717, 1.165) is 18.9 Å². The van der Waals surface area contributed by atoms with Crippen LogP contribution < -0.4 is 0 Å². The molecule has 2 aromatic rings. The van der Waals surface area contributed by atoms with Crippen LogP contribution in [0.5, 0.6) is 0 Å². The van der Waals surface area contributed by atoms with Crippen molar-refractivity contribution in [2.75, 3.05) is 7.05 Å². The number of aliphatic hydroxyl groups is 1. The second-order valence-corrected chi connectivity index (χ2v) is 7.92. The van der Waals surface area contributed by atoms with E-state index in [2.05, 4.69) is 11.9 Å². The maximum absolute atomic E-state index is 14.6. The standard InChI is InChI=1S/C22H25F2NO/c1-25-17-10-11-18(25)13-15(12-17)14-22(26,16-6-3-2-4-7-16)19-8-5-9-20(23)21(19)24/h2-9,15,17-18,26H,10-14H2,1H3. The van der Waals surface area contributed by atoms with Crippen molar-refractivity contribution in [3.05, 3.63) is 71.3 Å². The molecule has 2 aromatic carbocycles. The molecule has 0 aliphatic carbocycles. The van der Waals surface area contributed by atoms with Gasteiger partial charge in [0.15, 0.2) is 11.6 Å². The highest BCUT2D eigenvalue weighted by Gasteiger charge is 2.43. The van der Waals surface area contributed by atoms with Crippen LogP contribution in [-0.2, 0) is 5.60 Å². The summed E-state index contributed by atoms with van der Waals surface area (Å²) in [7, 11) is 2.17. The molecule has 0 radical (unpaired) electrons. The molecule has 3 unspecified atom stereocenters. The lowest BCUT2D eigenvalue weighted by Gasteiger charge is -2.40. The Hall–Kier alpha value is -1.78. The molecule has 2 aliphatic rings. The average Bonchev–Trinajstić information content (AvgIpc) is 2.85. The Morgan fingerprint density at radius 1 is 1.00 bits per heavy atom. The van der Waals surface area contributed by atoms with Crippen molar-refractivity contribution >= 4 is 0 Å². The van der Waals surface area contributed by atoms with E-state index >= 15 is 0 Å². The fraction of sp³-hybridized carbons (Fsp3) is 0.455. The van der Waals surface area contributed by atoms with Gasteiger partial charge in [0, 0.05) is 17.6 Å². The first-order valence-electron chi connectivity index (χ1n) is 9.43. The second-order valence-electron chi connectivity index (χ2n) is 7.92. The maximum atomic E-state index is 14.6. The van der Waals surface area contributed by atoms with Crippen LogP contribution in [0.2, 0.25) is 0 Å². The van der Waals surface area contributed by atoms with Crippen LogP contribution in [0.1, 0.15) is 43.2 Å². The Kier molecular flexibility index (Phi) is 4.57. The number of nitrogens with zero attached hydrogens (tertiary/aromatic N) is 1. The summed E-state index contributed by atoms with van der Waals surface area (Å²) < 4.78 is 28.5. The zero-order valence-electron chi connectivity index (χ0n) is 15.0. The minimum atomic E-state index is -1.52. The van der Waals surface area contributed by atoms with E-state index < -0.39 is 17.2 Å². The first-order valence-corrected chi connectivity index (χ1v) is 9.43. The molecule has 2 fully saturated rings. The molecule has 2 nitrogen and oxygen atoms in total. The van der Waals surface area contributed by atoms with E-state index in [4.69, 9.17) is 0 Å². The number of hydrogen-bond acceptors (Lipinski definition) is 2. The summed E-state index contributed by atoms with van der Waals surface area (Å²) in [5.41, 5.74) is -0.862. The van der Waals surface area contributed by atoms with Gasteiger partial charge in [-0.3, -0.25) is 0 Å². The molecule has 2 saturated heterocycles. The molecule has 138 valence electrons. The van der Waals surface area contributed by atoms with Crippen molar-refractivity contribution in [1.29, 1.82) is 0 Å². The molecule has 26 heavy (non-hydrogen) atoms. The average molecular weight is 357 g/mol. The highest BCUT2D eigenvalue weighted by molar-refractivity contribution is 5.37. The molecule has 2 aliphatic heterocycles. The van der Waals surface area contributed by atoms with E-state index in [-0.39, 0.29) is 11.5 Å². The third-order valence-electron chi connectivity index (χ3n) is 6.43. The Bertz CT molecular complexity index is 767. The lowest BCUT2D eigenvalue weighted by Crippen LogP contribution is -2.42. The van der Waals surface area contributed by atoms with E-state index in [1.807, 2.05) is 18.2 Å². The Morgan fingerprint density at radius 2 is 1.65 bits per heavy atom. The van der Waals surface area contributed by atoms with E-state index in [1.54, 1.807) is 12.1 Å². The van der Waals surface area contributed by atoms with Crippen molar-refractivity contribution in [2.24, 2.45) is 5.92 Å². The van der Waals surface area contributed by atoms with Gasteiger partial charge >= 0.3 is 0 Å². The third-order valence-corrected chi connectivity index (χ3v) is 6.43. The second kappa shape index (κ2) is 6.75. The normalized spacial score (nSPS) is 28.1. The van der Waals surface area contributed by atoms with Crippen LogP contribution in [0, 0.1) is 17.6 Å². The minimum Gasteiger partial charge on any atom is -0.380 e. The summed E-state index contributed by atoms with van der Waals surface area (Å²) in [5, 5.41) is 11.7. The predicted molar refractivity (Wildman–Crippen MR) is 97.7 cm³/mol. The number of rotatable bonds is 4. The molecule has 0 aromatic heterocycles. The topological polar surface area (TPSA) is 23.5 Å². The Morgan fingerprint density at radius 3 is 2.31 bits per heavy atom. The molecule has 3 atom stereocenters. The predicted octanol–water partition coefficient (Wildman–Crippen LogP) is 4.46. The van der Waals surface area contributed by atoms with Crippen LogP contribution in [-0.4, -0.2) is 29.1 Å². The van der Waals surface area contributed by atoms with Crippen molar-refractivity contribution in [3.63, 3.8) is 0 Å². The molecule has 0 amide bonds. The summed E-state index contributed by atoms with van der Waals surface area (Å²) >= 11 is 0. The minimum absolute atomic E-state index is 0.0370. The molecule has 0 saturated carbocycles. The lowest BCUT2D eigenvalue weighted by molar-refractivity contribution is 0.0237. The SMILES string of the molecule is CN1C2CCC1CC(CC(O)(c1ccccc1)c1cccc(F)c1F)C2. The zero-order valence-corrected chi connectivity index (χ0v) is 15.0. The molecule has 4 heteroatoms. The highest BCUT2D eigenvalue weighted by atomic mass is 19.2. The summed E-state index contributed by atoms with van der Waals surface area (Å²) in [4.78, 5) is 2.45. The van der Waals surface area contributed by atoms with Gasteiger partial charge in [-0.1, -0.05) is 42.5 Å². The van der Waals surface area contributed by atoms with Gasteiger partial charge in [-0.2, -0.15) is 0 Å². The van der Waals surface area contributed by atoms with Gasteiger partial charge < -0.3 is 10.0 Å². The highest BCUT2D eigenvalue weighted by Crippen LogP contribution is 2.45. The van der Waals surface area contributed by atoms with Crippen LogP contribution in [0.15, 0.2) is 48.5 Å². The molecule has 2 heterocycles. The summed E-state index contributed by atoms with van der Waals surface area (Å²) in [5.74, 6) is -1.58. The van der Waals surface area contributed by atoms with Gasteiger partial charge in [-0.05, 0) is 56.7 Å². The van der Waals surface area contributed by atoms with Crippen molar-refractivity contribution < 1.29 is 13.9 Å². The van der Waals surface area contributed by atoms with Crippen LogP contribution in [0.3, 0.4) is 0 Å². The van der Waals surface area contributed by atoms with Gasteiger partial charge in [0.05, 0.1) is 0 Å². The summed E-state index contributed by atoms with van der Waals surface area (Å²) in [6, 6.07) is 14.3. The maximum Gasteiger partial charge on any atom is 0.165 e. The van der Waals surface area contributed by atoms with Gasteiger partial charge in [-0.25, -0.2) is 8.78 Å². The van der Waals surface area contributed by atoms with Gasteiger partial charge in [0.1, 0.15) is 5.60 Å². The smallest absolute Gasteiger partial charge is 0.165 e. The van der Waals surface area contributed by atoms with E-state index in [0.29, 0.717) is 24.1 Å². The number of piperidine rings is 1.